The molecule has 0 aliphatic carbocycles. The Hall–Kier alpha value is -2.69. The van der Waals surface area contributed by atoms with E-state index in [0.717, 1.165) is 11.6 Å². The Bertz CT molecular complexity index is 652. The van der Waals surface area contributed by atoms with Crippen LogP contribution in [0, 0.1) is 0 Å². The second kappa shape index (κ2) is 5.75. The van der Waals surface area contributed by atoms with Crippen LogP contribution < -0.4 is 0 Å². The van der Waals surface area contributed by atoms with E-state index in [1.807, 2.05) is 6.92 Å². The first-order valence-corrected chi connectivity index (χ1v) is 6.48. The molecule has 5 heteroatoms. The smallest absolute Gasteiger partial charge is 0.257 e. The fraction of sp³-hybridized carbons (Fsp3) is 0.188. The largest absolute Gasteiger partial charge is 0.508 e. The summed E-state index contributed by atoms with van der Waals surface area (Å²) in [6.07, 6.45) is 0. The number of phenols is 3. The van der Waals surface area contributed by atoms with Gasteiger partial charge < -0.3 is 20.2 Å². The van der Waals surface area contributed by atoms with Gasteiger partial charge in [-0.15, -0.1) is 0 Å². The molecule has 5 nitrogen and oxygen atoms in total. The van der Waals surface area contributed by atoms with Gasteiger partial charge >= 0.3 is 0 Å². The lowest BCUT2D eigenvalue weighted by Gasteiger charge is -2.25. The van der Waals surface area contributed by atoms with Gasteiger partial charge in [0.2, 0.25) is 0 Å². The Kier molecular flexibility index (Phi) is 4.03. The van der Waals surface area contributed by atoms with Crippen LogP contribution in [0.1, 0.15) is 28.9 Å². The van der Waals surface area contributed by atoms with Crippen molar-refractivity contribution in [1.29, 1.82) is 0 Å². The van der Waals surface area contributed by atoms with Gasteiger partial charge in [0.15, 0.2) is 0 Å². The van der Waals surface area contributed by atoms with Crippen molar-refractivity contribution in [2.24, 2.45) is 0 Å². The molecule has 1 unspecified atom stereocenters. The normalized spacial score (nSPS) is 11.9. The van der Waals surface area contributed by atoms with E-state index in [2.05, 4.69) is 0 Å². The van der Waals surface area contributed by atoms with Crippen LogP contribution in [0.3, 0.4) is 0 Å². The summed E-state index contributed by atoms with van der Waals surface area (Å²) in [6.45, 7) is 1.85. The Balaban J connectivity index is 2.24. The highest BCUT2D eigenvalue weighted by Gasteiger charge is 2.21. The van der Waals surface area contributed by atoms with Crippen molar-refractivity contribution in [3.05, 3.63) is 53.6 Å². The highest BCUT2D eigenvalue weighted by Crippen LogP contribution is 2.27. The Labute approximate surface area is 122 Å². The first-order valence-electron chi connectivity index (χ1n) is 6.48. The average molecular weight is 287 g/mol. The van der Waals surface area contributed by atoms with Gasteiger partial charge in [-0.1, -0.05) is 12.1 Å². The molecule has 2 aromatic carbocycles. The first kappa shape index (κ1) is 14.7. The molecule has 110 valence electrons. The summed E-state index contributed by atoms with van der Waals surface area (Å²) in [6, 6.07) is 10.2. The lowest BCUT2D eigenvalue weighted by atomic mass is 10.1. The molecule has 0 saturated heterocycles. The van der Waals surface area contributed by atoms with E-state index >= 15 is 0 Å². The van der Waals surface area contributed by atoms with Crippen LogP contribution in [0.25, 0.3) is 0 Å². The van der Waals surface area contributed by atoms with E-state index in [4.69, 9.17) is 0 Å². The maximum Gasteiger partial charge on any atom is 0.257 e. The molecule has 0 fully saturated rings. The average Bonchev–Trinajstić information content (AvgIpc) is 2.46. The van der Waals surface area contributed by atoms with Gasteiger partial charge in [-0.3, -0.25) is 4.79 Å². The maximum atomic E-state index is 12.4. The SMILES string of the molecule is CC(c1ccc(O)cc1)N(C)C(=O)c1ccc(O)cc1O. The molecule has 0 heterocycles. The highest BCUT2D eigenvalue weighted by atomic mass is 16.3. The number of phenolic OH excluding ortho intramolecular Hbond substituents is 3. The lowest BCUT2D eigenvalue weighted by molar-refractivity contribution is 0.0739. The summed E-state index contributed by atoms with van der Waals surface area (Å²) >= 11 is 0. The molecular formula is C16H17NO4. The monoisotopic (exact) mass is 287 g/mol. The third-order valence-electron chi connectivity index (χ3n) is 3.49. The molecule has 2 rings (SSSR count). The van der Waals surface area contributed by atoms with Crippen molar-refractivity contribution in [2.75, 3.05) is 7.05 Å². The van der Waals surface area contributed by atoms with Gasteiger partial charge in [-0.2, -0.15) is 0 Å². The van der Waals surface area contributed by atoms with Crippen LogP contribution in [0.2, 0.25) is 0 Å². The number of aromatic hydroxyl groups is 3. The molecule has 21 heavy (non-hydrogen) atoms. The van der Waals surface area contributed by atoms with Gasteiger partial charge in [0.25, 0.3) is 5.91 Å². The fourth-order valence-electron chi connectivity index (χ4n) is 2.04. The number of carbonyl (C=O) groups excluding carboxylic acids is 1. The third kappa shape index (κ3) is 3.08. The summed E-state index contributed by atoms with van der Waals surface area (Å²) < 4.78 is 0. The predicted octanol–water partition coefficient (Wildman–Crippen LogP) is 2.64. The van der Waals surface area contributed by atoms with E-state index in [-0.39, 0.29) is 34.8 Å². The topological polar surface area (TPSA) is 81.0 Å². The summed E-state index contributed by atoms with van der Waals surface area (Å²) in [4.78, 5) is 13.9. The third-order valence-corrected chi connectivity index (χ3v) is 3.49. The van der Waals surface area contributed by atoms with Crippen molar-refractivity contribution in [2.45, 2.75) is 13.0 Å². The number of rotatable bonds is 3. The molecule has 0 aliphatic rings. The quantitative estimate of drug-likeness (QED) is 0.810. The van der Waals surface area contributed by atoms with Gasteiger partial charge in [-0.05, 0) is 36.8 Å². The van der Waals surface area contributed by atoms with Gasteiger partial charge in [0, 0.05) is 13.1 Å². The second-order valence-electron chi connectivity index (χ2n) is 4.89. The minimum Gasteiger partial charge on any atom is -0.508 e. The number of benzene rings is 2. The molecular weight excluding hydrogens is 270 g/mol. The van der Waals surface area contributed by atoms with Crippen LogP contribution in [-0.2, 0) is 0 Å². The number of hydrogen-bond donors (Lipinski definition) is 3. The van der Waals surface area contributed by atoms with E-state index in [1.54, 1.807) is 31.3 Å². The zero-order valence-corrected chi connectivity index (χ0v) is 11.8. The zero-order valence-electron chi connectivity index (χ0n) is 11.8. The molecule has 0 radical (unpaired) electrons. The molecule has 2 aromatic rings. The summed E-state index contributed by atoms with van der Waals surface area (Å²) in [5.41, 5.74) is 0.989. The minimum atomic E-state index is -0.354. The lowest BCUT2D eigenvalue weighted by Crippen LogP contribution is -2.29. The number of amides is 1. The van der Waals surface area contributed by atoms with Crippen molar-refractivity contribution >= 4 is 5.91 Å². The molecule has 0 aliphatic heterocycles. The Morgan fingerprint density at radius 2 is 1.57 bits per heavy atom. The second-order valence-corrected chi connectivity index (χ2v) is 4.89. The minimum absolute atomic E-state index is 0.0988. The van der Waals surface area contributed by atoms with Crippen LogP contribution in [-0.4, -0.2) is 33.2 Å². The Morgan fingerprint density at radius 1 is 1.00 bits per heavy atom. The zero-order chi connectivity index (χ0) is 15.6. The fourth-order valence-corrected chi connectivity index (χ4v) is 2.04. The molecule has 3 N–H and O–H groups in total. The molecule has 0 saturated carbocycles. The van der Waals surface area contributed by atoms with Crippen LogP contribution in [0.5, 0.6) is 17.2 Å². The molecule has 0 bridgehead atoms. The van der Waals surface area contributed by atoms with Crippen molar-refractivity contribution < 1.29 is 20.1 Å². The summed E-state index contributed by atoms with van der Waals surface area (Å²) in [5.74, 6) is -0.549. The number of hydrogen-bond acceptors (Lipinski definition) is 4. The van der Waals surface area contributed by atoms with Crippen LogP contribution >= 0.6 is 0 Å². The summed E-state index contributed by atoms with van der Waals surface area (Å²) in [5, 5.41) is 28.3. The van der Waals surface area contributed by atoms with E-state index in [9.17, 15) is 20.1 Å². The van der Waals surface area contributed by atoms with E-state index < -0.39 is 0 Å². The van der Waals surface area contributed by atoms with Gasteiger partial charge in [0.05, 0.1) is 11.6 Å². The van der Waals surface area contributed by atoms with Crippen molar-refractivity contribution in [1.82, 2.24) is 4.90 Å². The van der Waals surface area contributed by atoms with Crippen molar-refractivity contribution in [3.8, 4) is 17.2 Å². The predicted molar refractivity (Wildman–Crippen MR) is 78.4 cm³/mol. The number of carbonyl (C=O) groups is 1. The molecule has 0 spiro atoms. The van der Waals surface area contributed by atoms with E-state index in [1.165, 1.54) is 17.0 Å². The Morgan fingerprint density at radius 3 is 2.14 bits per heavy atom. The maximum absolute atomic E-state index is 12.4. The van der Waals surface area contributed by atoms with Crippen LogP contribution in [0.15, 0.2) is 42.5 Å². The highest BCUT2D eigenvalue weighted by molar-refractivity contribution is 5.97. The molecule has 1 atom stereocenters. The summed E-state index contributed by atoms with van der Waals surface area (Å²) in [7, 11) is 1.63. The van der Waals surface area contributed by atoms with Crippen molar-refractivity contribution in [3.63, 3.8) is 0 Å². The van der Waals surface area contributed by atoms with Gasteiger partial charge in [0.1, 0.15) is 17.2 Å². The van der Waals surface area contributed by atoms with E-state index in [0.29, 0.717) is 0 Å². The number of nitrogens with zero attached hydrogens (tertiary/aromatic N) is 1. The van der Waals surface area contributed by atoms with Gasteiger partial charge in [-0.25, -0.2) is 0 Å². The van der Waals surface area contributed by atoms with Crippen LogP contribution in [0.4, 0.5) is 0 Å². The first-order chi connectivity index (χ1) is 9.90. The standard InChI is InChI=1S/C16H17NO4/c1-10(11-3-5-12(18)6-4-11)17(2)16(21)14-8-7-13(19)9-15(14)20/h3-10,18-20H,1-2H3. The molecule has 0 aromatic heterocycles. The molecule has 1 amide bonds.